The fourth-order valence-electron chi connectivity index (χ4n) is 4.98. The number of benzene rings is 1. The molecule has 3 aromatic rings. The number of β-amino-alcohol motifs (C(OH)–C–C–N with tert-alkyl or cyclic N) is 1. The normalized spacial score (nSPS) is 19.2. The first kappa shape index (κ1) is 27.7. The number of rotatable bonds is 6. The molecule has 5 rings (SSSR count). The molecule has 2 fully saturated rings. The van der Waals surface area contributed by atoms with Gasteiger partial charge < -0.3 is 14.9 Å². The number of aliphatic hydroxyl groups excluding tert-OH is 1. The van der Waals surface area contributed by atoms with Crippen LogP contribution in [0.15, 0.2) is 30.5 Å². The fourth-order valence-corrected chi connectivity index (χ4v) is 6.56. The molecule has 2 aliphatic heterocycles. The molecular weight excluding hydrogens is 560 g/mol. The van der Waals surface area contributed by atoms with Crippen LogP contribution in [0.5, 0.6) is 0 Å². The molecule has 1 N–H and O–H groups in total. The number of halogens is 5. The number of thiazole rings is 1. The minimum atomic E-state index is -4.47. The van der Waals surface area contributed by atoms with E-state index in [1.165, 1.54) is 0 Å². The van der Waals surface area contributed by atoms with Crippen LogP contribution in [0.25, 0.3) is 10.2 Å². The summed E-state index contributed by atoms with van der Waals surface area (Å²) < 4.78 is 39.9. The van der Waals surface area contributed by atoms with Crippen LogP contribution in [0.3, 0.4) is 0 Å². The molecule has 38 heavy (non-hydrogen) atoms. The predicted molar refractivity (Wildman–Crippen MR) is 147 cm³/mol. The molecule has 1 atom stereocenters. The number of hydrogen-bond donors (Lipinski definition) is 1. The first-order chi connectivity index (χ1) is 18.2. The topological polar surface area (TPSA) is 59.0 Å². The van der Waals surface area contributed by atoms with E-state index in [1.54, 1.807) is 11.3 Å². The van der Waals surface area contributed by atoms with E-state index in [0.29, 0.717) is 43.6 Å². The van der Waals surface area contributed by atoms with Crippen molar-refractivity contribution in [3.05, 3.63) is 46.1 Å². The van der Waals surface area contributed by atoms with E-state index in [1.807, 2.05) is 23.1 Å². The van der Waals surface area contributed by atoms with Gasteiger partial charge in [0.05, 0.1) is 26.9 Å². The maximum absolute atomic E-state index is 12.9. The Kier molecular flexibility index (Phi) is 8.51. The van der Waals surface area contributed by atoms with Gasteiger partial charge in [-0.15, -0.1) is 0 Å². The lowest BCUT2D eigenvalue weighted by Gasteiger charge is -2.36. The monoisotopic (exact) mass is 588 g/mol. The van der Waals surface area contributed by atoms with Crippen molar-refractivity contribution in [3.63, 3.8) is 0 Å². The van der Waals surface area contributed by atoms with Gasteiger partial charge in [0.25, 0.3) is 0 Å². The molecule has 206 valence electrons. The number of aromatic nitrogens is 2. The maximum Gasteiger partial charge on any atom is 0.417 e. The molecule has 2 saturated heterocycles. The molecule has 0 saturated carbocycles. The third-order valence-electron chi connectivity index (χ3n) is 6.96. The van der Waals surface area contributed by atoms with Crippen LogP contribution in [0, 0.1) is 0 Å². The van der Waals surface area contributed by atoms with E-state index in [9.17, 15) is 18.3 Å². The van der Waals surface area contributed by atoms with Crippen molar-refractivity contribution in [1.29, 1.82) is 0 Å². The van der Waals surface area contributed by atoms with Crippen LogP contribution in [0.2, 0.25) is 10.0 Å². The van der Waals surface area contributed by atoms with Crippen molar-refractivity contribution in [2.24, 2.45) is 0 Å². The van der Waals surface area contributed by atoms with Gasteiger partial charge in [0.1, 0.15) is 5.82 Å². The smallest absolute Gasteiger partial charge is 0.390 e. The lowest BCUT2D eigenvalue weighted by molar-refractivity contribution is -0.137. The van der Waals surface area contributed by atoms with Crippen molar-refractivity contribution in [3.8, 4) is 0 Å². The van der Waals surface area contributed by atoms with Gasteiger partial charge in [-0.25, -0.2) is 9.97 Å². The van der Waals surface area contributed by atoms with Gasteiger partial charge in [-0.1, -0.05) is 34.5 Å². The zero-order chi connectivity index (χ0) is 26.9. The van der Waals surface area contributed by atoms with Crippen molar-refractivity contribution >= 4 is 55.7 Å². The van der Waals surface area contributed by atoms with Crippen LogP contribution in [0.4, 0.5) is 24.1 Å². The second-order valence-corrected chi connectivity index (χ2v) is 11.6. The van der Waals surface area contributed by atoms with E-state index in [0.717, 1.165) is 66.8 Å². The predicted octanol–water partition coefficient (Wildman–Crippen LogP) is 4.71. The van der Waals surface area contributed by atoms with E-state index < -0.39 is 17.8 Å². The van der Waals surface area contributed by atoms with Crippen molar-refractivity contribution in [2.45, 2.75) is 18.7 Å². The van der Waals surface area contributed by atoms with E-state index in [2.05, 4.69) is 19.7 Å². The fraction of sp³-hybridized carbons (Fsp3) is 0.520. The Morgan fingerprint density at radius 1 is 0.921 bits per heavy atom. The van der Waals surface area contributed by atoms with E-state index in [-0.39, 0.29) is 5.02 Å². The van der Waals surface area contributed by atoms with Gasteiger partial charge in [-0.2, -0.15) is 13.2 Å². The minimum absolute atomic E-state index is 0.00194. The van der Waals surface area contributed by atoms with Crippen molar-refractivity contribution < 1.29 is 18.3 Å². The summed E-state index contributed by atoms with van der Waals surface area (Å²) in [5, 5.41) is 12.5. The number of fused-ring (bicyclic) bond motifs is 1. The standard InChI is InChI=1S/C25H29Cl2F3N6OS/c26-18-2-3-21-22(13-18)38-24(32-21)36-10-7-34(8-11-36)16-19(37)15-33-4-1-5-35(9-6-33)23-20(27)12-17(14-31-23)25(28,29)30/h2-3,12-14,19,37H,1,4-11,15-16H2/t19-/m0/s1. The SMILES string of the molecule is O[C@H](CN1CCN(c2nc3ccc(Cl)cc3s2)CC1)CN1CCCN(c2ncc(C(F)(F)F)cc2Cl)CC1. The van der Waals surface area contributed by atoms with Crippen LogP contribution in [-0.2, 0) is 6.18 Å². The van der Waals surface area contributed by atoms with Crippen LogP contribution >= 0.6 is 34.5 Å². The molecule has 2 aliphatic rings. The third-order valence-corrected chi connectivity index (χ3v) is 8.55. The third kappa shape index (κ3) is 6.63. The Bertz CT molecular complexity index is 1250. The molecule has 4 heterocycles. The highest BCUT2D eigenvalue weighted by molar-refractivity contribution is 7.22. The molecule has 0 bridgehead atoms. The largest absolute Gasteiger partial charge is 0.417 e. The van der Waals surface area contributed by atoms with Gasteiger partial charge in [0, 0.05) is 70.1 Å². The molecule has 7 nitrogen and oxygen atoms in total. The summed E-state index contributed by atoms with van der Waals surface area (Å²) in [6, 6.07) is 6.68. The number of hydrogen-bond acceptors (Lipinski definition) is 8. The molecular formula is C25H29Cl2F3N6OS. The zero-order valence-electron chi connectivity index (χ0n) is 20.7. The number of anilines is 2. The van der Waals surface area contributed by atoms with Crippen LogP contribution < -0.4 is 9.80 Å². The Morgan fingerprint density at radius 2 is 1.61 bits per heavy atom. The second kappa shape index (κ2) is 11.7. The average molecular weight is 590 g/mol. The van der Waals surface area contributed by atoms with Crippen LogP contribution in [-0.4, -0.2) is 96.4 Å². The molecule has 0 unspecified atom stereocenters. The lowest BCUT2D eigenvalue weighted by atomic mass is 10.2. The highest BCUT2D eigenvalue weighted by atomic mass is 35.5. The Labute approximate surface area is 233 Å². The summed E-state index contributed by atoms with van der Waals surface area (Å²) in [5.74, 6) is 0.371. The Morgan fingerprint density at radius 3 is 2.29 bits per heavy atom. The zero-order valence-corrected chi connectivity index (χ0v) is 23.0. The second-order valence-electron chi connectivity index (χ2n) is 9.72. The number of pyridine rings is 1. The van der Waals surface area contributed by atoms with Gasteiger partial charge in [-0.3, -0.25) is 9.80 Å². The summed E-state index contributed by atoms with van der Waals surface area (Å²) in [5.41, 5.74) is 0.108. The van der Waals surface area contributed by atoms with Crippen LogP contribution in [0.1, 0.15) is 12.0 Å². The highest BCUT2D eigenvalue weighted by Crippen LogP contribution is 2.34. The maximum atomic E-state index is 12.9. The number of piperazine rings is 1. The van der Waals surface area contributed by atoms with Crippen molar-refractivity contribution in [2.75, 3.05) is 75.2 Å². The highest BCUT2D eigenvalue weighted by Gasteiger charge is 2.32. The summed E-state index contributed by atoms with van der Waals surface area (Å²) in [6.07, 6.45) is -3.33. The molecule has 2 aromatic heterocycles. The molecule has 0 amide bonds. The average Bonchev–Trinajstić information content (AvgIpc) is 3.15. The summed E-state index contributed by atoms with van der Waals surface area (Å²) in [6.45, 7) is 7.21. The summed E-state index contributed by atoms with van der Waals surface area (Å²) in [4.78, 5) is 17.4. The number of nitrogens with zero attached hydrogens (tertiary/aromatic N) is 6. The summed E-state index contributed by atoms with van der Waals surface area (Å²) >= 11 is 13.9. The Hall–Kier alpha value is -1.89. The molecule has 0 spiro atoms. The molecule has 1 aromatic carbocycles. The number of aliphatic hydroxyl groups is 1. The van der Waals surface area contributed by atoms with E-state index >= 15 is 0 Å². The lowest BCUT2D eigenvalue weighted by Crippen LogP contribution is -2.50. The quantitative estimate of drug-likeness (QED) is 0.447. The van der Waals surface area contributed by atoms with Gasteiger partial charge >= 0.3 is 6.18 Å². The first-order valence-electron chi connectivity index (χ1n) is 12.6. The van der Waals surface area contributed by atoms with Gasteiger partial charge in [-0.05, 0) is 37.2 Å². The van der Waals surface area contributed by atoms with Crippen molar-refractivity contribution in [1.82, 2.24) is 19.8 Å². The van der Waals surface area contributed by atoms with Gasteiger partial charge in [0.2, 0.25) is 0 Å². The van der Waals surface area contributed by atoms with E-state index in [4.69, 9.17) is 28.2 Å². The first-order valence-corrected chi connectivity index (χ1v) is 14.1. The summed E-state index contributed by atoms with van der Waals surface area (Å²) in [7, 11) is 0. The molecule has 13 heteroatoms. The Balaban J connectivity index is 1.08. The van der Waals surface area contributed by atoms with Gasteiger partial charge in [0.15, 0.2) is 5.13 Å². The number of alkyl halides is 3. The minimum Gasteiger partial charge on any atom is -0.390 e. The molecule has 0 radical (unpaired) electrons. The molecule has 0 aliphatic carbocycles.